The number of hydrogen-bond donors (Lipinski definition) is 3. The molecular formula is C17H25N5O4S. The van der Waals surface area contributed by atoms with Gasteiger partial charge < -0.3 is 15.0 Å². The number of amides is 1. The zero-order chi connectivity index (χ0) is 19.8. The molecule has 1 aliphatic heterocycles. The lowest BCUT2D eigenvalue weighted by atomic mass is 9.95. The molecule has 1 amide bonds. The van der Waals surface area contributed by atoms with Gasteiger partial charge in [0.1, 0.15) is 5.69 Å². The molecule has 1 saturated heterocycles. The van der Waals surface area contributed by atoms with Gasteiger partial charge in [-0.3, -0.25) is 25.8 Å². The molecule has 1 aliphatic rings. The summed E-state index contributed by atoms with van der Waals surface area (Å²) in [5, 5.41) is 14.5. The van der Waals surface area contributed by atoms with Crippen LogP contribution in [-0.4, -0.2) is 48.8 Å². The quantitative estimate of drug-likeness (QED) is 0.376. The zero-order valence-corrected chi connectivity index (χ0v) is 16.3. The number of nitro groups is 1. The van der Waals surface area contributed by atoms with Gasteiger partial charge in [-0.05, 0) is 38.0 Å². The summed E-state index contributed by atoms with van der Waals surface area (Å²) in [4.78, 5) is 25.1. The zero-order valence-electron chi connectivity index (χ0n) is 15.4. The third-order valence-electron chi connectivity index (χ3n) is 4.38. The lowest BCUT2D eigenvalue weighted by molar-refractivity contribution is -0.384. The molecule has 0 spiro atoms. The molecule has 0 bridgehead atoms. The maximum absolute atomic E-state index is 12.3. The first-order valence-corrected chi connectivity index (χ1v) is 9.17. The Balaban J connectivity index is 1.81. The van der Waals surface area contributed by atoms with Gasteiger partial charge in [0, 0.05) is 38.2 Å². The van der Waals surface area contributed by atoms with Crippen molar-refractivity contribution in [2.45, 2.75) is 25.8 Å². The topological polar surface area (TPSA) is 109 Å². The number of carbonyl (C=O) groups excluding carboxylic acids is 1. The van der Waals surface area contributed by atoms with Gasteiger partial charge in [-0.25, -0.2) is 0 Å². The number of thiocarbonyl (C=S) groups is 1. The number of hydrazine groups is 1. The van der Waals surface area contributed by atoms with Crippen molar-refractivity contribution in [3.63, 3.8) is 0 Å². The standard InChI is InChI=1S/C17H25N5O4S/c1-12(11-26-2)18-17(27)20-19-16(23)13-7-9-21(10-8-13)14-5-3-4-6-15(14)22(24)25/h3-6,12-13H,7-11H2,1-2H3,(H,19,23)(H2,18,20,27)/t12-/m0/s1. The summed E-state index contributed by atoms with van der Waals surface area (Å²) in [6.45, 7) is 3.57. The number of benzene rings is 1. The van der Waals surface area contributed by atoms with E-state index in [1.165, 1.54) is 6.07 Å². The highest BCUT2D eigenvalue weighted by Gasteiger charge is 2.28. The van der Waals surface area contributed by atoms with Crippen LogP contribution in [0.3, 0.4) is 0 Å². The minimum atomic E-state index is -0.378. The van der Waals surface area contributed by atoms with Crippen LogP contribution < -0.4 is 21.1 Å². The number of hydrogen-bond acceptors (Lipinski definition) is 6. The van der Waals surface area contributed by atoms with E-state index in [9.17, 15) is 14.9 Å². The molecule has 1 heterocycles. The summed E-state index contributed by atoms with van der Waals surface area (Å²) in [5.41, 5.74) is 6.00. The molecule has 0 aromatic heterocycles. The third-order valence-corrected chi connectivity index (χ3v) is 4.60. The molecule has 2 rings (SSSR count). The predicted octanol–water partition coefficient (Wildman–Crippen LogP) is 1.34. The van der Waals surface area contributed by atoms with Crippen molar-refractivity contribution in [3.8, 4) is 0 Å². The Hall–Kier alpha value is -2.46. The maximum atomic E-state index is 12.3. The minimum absolute atomic E-state index is 0.0248. The third kappa shape index (κ3) is 6.04. The molecule has 1 aromatic rings. The van der Waals surface area contributed by atoms with Gasteiger partial charge in [0.25, 0.3) is 5.69 Å². The number of nitrogens with zero attached hydrogens (tertiary/aromatic N) is 2. The number of piperidine rings is 1. The molecule has 0 aliphatic carbocycles. The summed E-state index contributed by atoms with van der Waals surface area (Å²) in [5.74, 6) is -0.309. The van der Waals surface area contributed by atoms with Gasteiger partial charge in [-0.15, -0.1) is 0 Å². The van der Waals surface area contributed by atoms with Gasteiger partial charge >= 0.3 is 0 Å². The highest BCUT2D eigenvalue weighted by atomic mass is 32.1. The number of methoxy groups -OCH3 is 1. The van der Waals surface area contributed by atoms with Crippen LogP contribution in [-0.2, 0) is 9.53 Å². The van der Waals surface area contributed by atoms with Crippen LogP contribution in [0.4, 0.5) is 11.4 Å². The molecule has 1 atom stereocenters. The number of para-hydroxylation sites is 2. The van der Waals surface area contributed by atoms with Crippen molar-refractivity contribution >= 4 is 34.6 Å². The molecule has 1 aromatic carbocycles. The second kappa shape index (κ2) is 10.0. The van der Waals surface area contributed by atoms with Crippen molar-refractivity contribution in [1.29, 1.82) is 0 Å². The highest BCUT2D eigenvalue weighted by Crippen LogP contribution is 2.31. The fraction of sp³-hybridized carbons (Fsp3) is 0.529. The summed E-state index contributed by atoms with van der Waals surface area (Å²) >= 11 is 5.12. The van der Waals surface area contributed by atoms with E-state index in [2.05, 4.69) is 16.2 Å². The Bertz CT molecular complexity index is 679. The van der Waals surface area contributed by atoms with Crippen LogP contribution in [0.25, 0.3) is 0 Å². The first-order valence-electron chi connectivity index (χ1n) is 8.76. The predicted molar refractivity (Wildman–Crippen MR) is 106 cm³/mol. The van der Waals surface area contributed by atoms with Crippen LogP contribution >= 0.6 is 12.2 Å². The number of carbonyl (C=O) groups is 1. The molecule has 10 heteroatoms. The molecule has 3 N–H and O–H groups in total. The summed E-state index contributed by atoms with van der Waals surface area (Å²) in [6.07, 6.45) is 1.22. The number of nitrogens with one attached hydrogen (secondary N) is 3. The second-order valence-corrected chi connectivity index (χ2v) is 6.86. The first-order chi connectivity index (χ1) is 12.9. The Morgan fingerprint density at radius 2 is 2.04 bits per heavy atom. The van der Waals surface area contributed by atoms with Gasteiger partial charge in [0.15, 0.2) is 5.11 Å². The fourth-order valence-electron chi connectivity index (χ4n) is 3.04. The number of ether oxygens (including phenoxy) is 1. The average molecular weight is 395 g/mol. The van der Waals surface area contributed by atoms with E-state index in [0.29, 0.717) is 43.3 Å². The van der Waals surface area contributed by atoms with Crippen LogP contribution in [0.15, 0.2) is 24.3 Å². The monoisotopic (exact) mass is 395 g/mol. The number of rotatable bonds is 6. The van der Waals surface area contributed by atoms with Crippen LogP contribution in [0.1, 0.15) is 19.8 Å². The molecule has 0 saturated carbocycles. The molecule has 9 nitrogen and oxygen atoms in total. The highest BCUT2D eigenvalue weighted by molar-refractivity contribution is 7.80. The SMILES string of the molecule is COC[C@H](C)NC(=S)NNC(=O)C1CCN(c2ccccc2[N+](=O)[O-])CC1. The molecule has 0 unspecified atom stereocenters. The van der Waals surface area contributed by atoms with Crippen molar-refractivity contribution in [2.24, 2.45) is 5.92 Å². The largest absolute Gasteiger partial charge is 0.383 e. The Labute approximate surface area is 163 Å². The van der Waals surface area contributed by atoms with E-state index in [1.54, 1.807) is 25.3 Å². The number of nitro benzene ring substituents is 1. The van der Waals surface area contributed by atoms with Crippen molar-refractivity contribution in [2.75, 3.05) is 31.7 Å². The molecular weight excluding hydrogens is 370 g/mol. The average Bonchev–Trinajstić information content (AvgIpc) is 2.66. The normalized spacial score (nSPS) is 15.7. The van der Waals surface area contributed by atoms with Crippen molar-refractivity contribution < 1.29 is 14.5 Å². The van der Waals surface area contributed by atoms with Crippen LogP contribution in [0.5, 0.6) is 0 Å². The van der Waals surface area contributed by atoms with Crippen LogP contribution in [0, 0.1) is 16.0 Å². The maximum Gasteiger partial charge on any atom is 0.292 e. The van der Waals surface area contributed by atoms with E-state index in [4.69, 9.17) is 17.0 Å². The summed E-state index contributed by atoms with van der Waals surface area (Å²) < 4.78 is 5.01. The van der Waals surface area contributed by atoms with Gasteiger partial charge in [-0.2, -0.15) is 0 Å². The Kier molecular flexibility index (Phi) is 7.74. The molecule has 148 valence electrons. The second-order valence-electron chi connectivity index (χ2n) is 6.45. The van der Waals surface area contributed by atoms with Crippen LogP contribution in [0.2, 0.25) is 0 Å². The van der Waals surface area contributed by atoms with Gasteiger partial charge in [-0.1, -0.05) is 12.1 Å². The number of anilines is 1. The van der Waals surface area contributed by atoms with E-state index >= 15 is 0 Å². The van der Waals surface area contributed by atoms with E-state index in [1.807, 2.05) is 11.8 Å². The van der Waals surface area contributed by atoms with Crippen molar-refractivity contribution in [3.05, 3.63) is 34.4 Å². The van der Waals surface area contributed by atoms with E-state index in [-0.39, 0.29) is 28.5 Å². The van der Waals surface area contributed by atoms with Crippen molar-refractivity contribution in [1.82, 2.24) is 16.2 Å². The van der Waals surface area contributed by atoms with Gasteiger partial charge in [0.2, 0.25) is 5.91 Å². The molecule has 27 heavy (non-hydrogen) atoms. The summed E-state index contributed by atoms with van der Waals surface area (Å²) in [7, 11) is 1.60. The Morgan fingerprint density at radius 1 is 1.37 bits per heavy atom. The molecule has 1 fully saturated rings. The first kappa shape index (κ1) is 20.8. The lowest BCUT2D eigenvalue weighted by Gasteiger charge is -2.32. The lowest BCUT2D eigenvalue weighted by Crippen LogP contribution is -2.52. The molecule has 0 radical (unpaired) electrons. The Morgan fingerprint density at radius 3 is 2.67 bits per heavy atom. The minimum Gasteiger partial charge on any atom is -0.383 e. The van der Waals surface area contributed by atoms with E-state index < -0.39 is 0 Å². The fourth-order valence-corrected chi connectivity index (χ4v) is 3.29. The smallest absolute Gasteiger partial charge is 0.292 e. The van der Waals surface area contributed by atoms with E-state index in [0.717, 1.165) is 0 Å². The summed E-state index contributed by atoms with van der Waals surface area (Å²) in [6, 6.07) is 6.69. The van der Waals surface area contributed by atoms with Gasteiger partial charge in [0.05, 0.1) is 11.5 Å².